The molecule has 0 aliphatic rings. The lowest BCUT2D eigenvalue weighted by atomic mass is 10.1. The van der Waals surface area contributed by atoms with Gasteiger partial charge in [-0.15, -0.1) is 11.3 Å². The molecule has 2 heterocycles. The molecule has 0 radical (unpaired) electrons. The van der Waals surface area contributed by atoms with Gasteiger partial charge in [-0.1, -0.05) is 25.1 Å². The Kier molecular flexibility index (Phi) is 5.20. The number of para-hydroxylation sites is 1. The first-order valence-electron chi connectivity index (χ1n) is 8.21. The van der Waals surface area contributed by atoms with Crippen molar-refractivity contribution in [1.82, 2.24) is 9.88 Å². The van der Waals surface area contributed by atoms with E-state index in [9.17, 15) is 4.79 Å². The summed E-state index contributed by atoms with van der Waals surface area (Å²) < 4.78 is 8.63. The third-order valence-electron chi connectivity index (χ3n) is 4.08. The fraction of sp³-hybridized carbons (Fsp3) is 0.316. The summed E-state index contributed by atoms with van der Waals surface area (Å²) in [5.74, 6) is 0.850. The SMILES string of the molecule is CCCn1c(C(=O)NCCc2ccccc2OC)cc2sccc21. The molecule has 0 aliphatic heterocycles. The van der Waals surface area contributed by atoms with Crippen LogP contribution in [0.25, 0.3) is 10.2 Å². The fourth-order valence-corrected chi connectivity index (χ4v) is 3.76. The summed E-state index contributed by atoms with van der Waals surface area (Å²) in [5.41, 5.74) is 3.00. The molecule has 0 saturated carbocycles. The lowest BCUT2D eigenvalue weighted by Gasteiger charge is -2.11. The molecular weight excluding hydrogens is 320 g/mol. The van der Waals surface area contributed by atoms with E-state index in [1.54, 1.807) is 18.4 Å². The highest BCUT2D eigenvalue weighted by Gasteiger charge is 2.15. The standard InChI is InChI=1S/C19H22N2O2S/c1-3-11-21-15-9-12-24-18(15)13-16(21)19(22)20-10-8-14-6-4-5-7-17(14)23-2/h4-7,9,12-13H,3,8,10-11H2,1-2H3,(H,20,22). The smallest absolute Gasteiger partial charge is 0.267 e. The minimum atomic E-state index is -0.0123. The number of aryl methyl sites for hydroxylation is 1. The quantitative estimate of drug-likeness (QED) is 0.703. The normalized spacial score (nSPS) is 10.9. The average molecular weight is 342 g/mol. The van der Waals surface area contributed by atoms with Crippen LogP contribution in [0, 0.1) is 0 Å². The Hall–Kier alpha value is -2.27. The van der Waals surface area contributed by atoms with E-state index in [4.69, 9.17) is 4.74 Å². The Morgan fingerprint density at radius 1 is 1.29 bits per heavy atom. The van der Waals surface area contributed by atoms with Crippen LogP contribution in [0.2, 0.25) is 0 Å². The van der Waals surface area contributed by atoms with E-state index in [-0.39, 0.29) is 5.91 Å². The highest BCUT2D eigenvalue weighted by molar-refractivity contribution is 7.17. The largest absolute Gasteiger partial charge is 0.496 e. The molecule has 3 aromatic rings. The molecule has 0 spiro atoms. The fourth-order valence-electron chi connectivity index (χ4n) is 2.94. The minimum Gasteiger partial charge on any atom is -0.496 e. The third-order valence-corrected chi connectivity index (χ3v) is 4.93. The maximum Gasteiger partial charge on any atom is 0.267 e. The van der Waals surface area contributed by atoms with Gasteiger partial charge in [0, 0.05) is 13.1 Å². The van der Waals surface area contributed by atoms with Crippen molar-refractivity contribution in [2.45, 2.75) is 26.3 Å². The van der Waals surface area contributed by atoms with Gasteiger partial charge in [-0.2, -0.15) is 0 Å². The summed E-state index contributed by atoms with van der Waals surface area (Å²) in [7, 11) is 1.67. The van der Waals surface area contributed by atoms with E-state index in [0.717, 1.165) is 41.9 Å². The van der Waals surface area contributed by atoms with Crippen molar-refractivity contribution in [2.24, 2.45) is 0 Å². The summed E-state index contributed by atoms with van der Waals surface area (Å²) in [6.07, 6.45) is 1.75. The minimum absolute atomic E-state index is 0.0123. The second kappa shape index (κ2) is 7.53. The number of thiophene rings is 1. The first-order chi connectivity index (χ1) is 11.7. The van der Waals surface area contributed by atoms with Crippen LogP contribution in [0.1, 0.15) is 29.4 Å². The summed E-state index contributed by atoms with van der Waals surface area (Å²) in [5, 5.41) is 5.11. The van der Waals surface area contributed by atoms with Gasteiger partial charge in [-0.3, -0.25) is 4.79 Å². The molecule has 4 nitrogen and oxygen atoms in total. The van der Waals surface area contributed by atoms with Gasteiger partial charge >= 0.3 is 0 Å². The Morgan fingerprint density at radius 3 is 2.92 bits per heavy atom. The van der Waals surface area contributed by atoms with Crippen molar-refractivity contribution in [3.8, 4) is 5.75 Å². The van der Waals surface area contributed by atoms with Gasteiger partial charge in [0.15, 0.2) is 0 Å². The van der Waals surface area contributed by atoms with Gasteiger partial charge in [0.25, 0.3) is 5.91 Å². The number of amides is 1. The van der Waals surface area contributed by atoms with Gasteiger partial charge in [0.2, 0.25) is 0 Å². The van der Waals surface area contributed by atoms with Gasteiger partial charge in [-0.25, -0.2) is 0 Å². The number of fused-ring (bicyclic) bond motifs is 1. The van der Waals surface area contributed by atoms with E-state index in [1.165, 1.54) is 4.70 Å². The van der Waals surface area contributed by atoms with Gasteiger partial charge in [0.1, 0.15) is 11.4 Å². The first-order valence-corrected chi connectivity index (χ1v) is 9.09. The molecule has 5 heteroatoms. The molecule has 0 atom stereocenters. The van der Waals surface area contributed by atoms with E-state index >= 15 is 0 Å². The average Bonchev–Trinajstić information content (AvgIpc) is 3.18. The van der Waals surface area contributed by atoms with Crippen molar-refractivity contribution < 1.29 is 9.53 Å². The summed E-state index contributed by atoms with van der Waals surface area (Å²) in [6, 6.07) is 12.0. The number of benzene rings is 1. The Balaban J connectivity index is 1.69. The number of nitrogens with zero attached hydrogens (tertiary/aromatic N) is 1. The molecule has 2 aromatic heterocycles. The number of carbonyl (C=O) groups excluding carboxylic acids is 1. The molecule has 0 unspecified atom stereocenters. The summed E-state index contributed by atoms with van der Waals surface area (Å²) >= 11 is 1.67. The van der Waals surface area contributed by atoms with Crippen LogP contribution in [0.3, 0.4) is 0 Å². The van der Waals surface area contributed by atoms with Gasteiger partial charge < -0.3 is 14.6 Å². The molecule has 1 aromatic carbocycles. The topological polar surface area (TPSA) is 43.3 Å². The number of carbonyl (C=O) groups is 1. The van der Waals surface area contributed by atoms with E-state index in [0.29, 0.717) is 6.54 Å². The Morgan fingerprint density at radius 2 is 2.12 bits per heavy atom. The molecule has 1 amide bonds. The van der Waals surface area contributed by atoms with Crippen LogP contribution in [-0.2, 0) is 13.0 Å². The van der Waals surface area contributed by atoms with Crippen LogP contribution in [0.15, 0.2) is 41.8 Å². The van der Waals surface area contributed by atoms with Crippen molar-refractivity contribution in [3.05, 3.63) is 53.0 Å². The molecular formula is C19H22N2O2S. The lowest BCUT2D eigenvalue weighted by molar-refractivity contribution is 0.0945. The number of aromatic nitrogens is 1. The zero-order chi connectivity index (χ0) is 16.9. The van der Waals surface area contributed by atoms with Crippen LogP contribution in [0.4, 0.5) is 0 Å². The number of hydrogen-bond donors (Lipinski definition) is 1. The number of hydrogen-bond acceptors (Lipinski definition) is 3. The zero-order valence-corrected chi connectivity index (χ0v) is 14.9. The molecule has 0 fully saturated rings. The second-order valence-corrected chi connectivity index (χ2v) is 6.62. The van der Waals surface area contributed by atoms with Crippen molar-refractivity contribution in [3.63, 3.8) is 0 Å². The van der Waals surface area contributed by atoms with E-state index < -0.39 is 0 Å². The first kappa shape index (κ1) is 16.6. The molecule has 0 aliphatic carbocycles. The molecule has 0 saturated heterocycles. The van der Waals surface area contributed by atoms with Crippen LogP contribution in [0.5, 0.6) is 5.75 Å². The highest BCUT2D eigenvalue weighted by Crippen LogP contribution is 2.25. The molecule has 1 N–H and O–H groups in total. The maximum atomic E-state index is 12.6. The second-order valence-electron chi connectivity index (χ2n) is 5.67. The lowest BCUT2D eigenvalue weighted by Crippen LogP contribution is -2.28. The summed E-state index contributed by atoms with van der Waals surface area (Å²) in [6.45, 7) is 3.57. The van der Waals surface area contributed by atoms with Crippen molar-refractivity contribution in [2.75, 3.05) is 13.7 Å². The summed E-state index contributed by atoms with van der Waals surface area (Å²) in [4.78, 5) is 12.6. The number of methoxy groups -OCH3 is 1. The molecule has 24 heavy (non-hydrogen) atoms. The van der Waals surface area contributed by atoms with Crippen molar-refractivity contribution in [1.29, 1.82) is 0 Å². The van der Waals surface area contributed by atoms with E-state index in [1.807, 2.05) is 30.3 Å². The monoisotopic (exact) mass is 342 g/mol. The number of ether oxygens (including phenoxy) is 1. The Bertz CT molecular complexity index is 835. The van der Waals surface area contributed by atoms with Crippen LogP contribution in [-0.4, -0.2) is 24.1 Å². The Labute approximate surface area is 146 Å². The van der Waals surface area contributed by atoms with Gasteiger partial charge in [0.05, 0.1) is 17.3 Å². The molecule has 3 rings (SSSR count). The number of rotatable bonds is 7. The predicted molar refractivity (Wildman–Crippen MR) is 99.1 cm³/mol. The third kappa shape index (κ3) is 3.31. The predicted octanol–water partition coefficient (Wildman–Crippen LogP) is 4.09. The zero-order valence-electron chi connectivity index (χ0n) is 14.0. The molecule has 0 bridgehead atoms. The van der Waals surface area contributed by atoms with Crippen LogP contribution >= 0.6 is 11.3 Å². The van der Waals surface area contributed by atoms with Gasteiger partial charge in [-0.05, 0) is 42.0 Å². The maximum absolute atomic E-state index is 12.6. The van der Waals surface area contributed by atoms with Crippen LogP contribution < -0.4 is 10.1 Å². The molecule has 126 valence electrons. The van der Waals surface area contributed by atoms with Crippen molar-refractivity contribution >= 4 is 27.5 Å². The van der Waals surface area contributed by atoms with E-state index in [2.05, 4.69) is 28.3 Å². The number of nitrogens with one attached hydrogen (secondary N) is 1. The highest BCUT2D eigenvalue weighted by atomic mass is 32.1.